The van der Waals surface area contributed by atoms with Crippen LogP contribution >= 0.6 is 0 Å². The van der Waals surface area contributed by atoms with Crippen molar-refractivity contribution in [2.24, 2.45) is 0 Å². The Kier molecular flexibility index (Phi) is 3.10. The van der Waals surface area contributed by atoms with Crippen LogP contribution in [-0.2, 0) is 6.42 Å². The Morgan fingerprint density at radius 2 is 1.79 bits per heavy atom. The molecule has 78 valence electrons. The highest BCUT2D eigenvalue weighted by Gasteiger charge is 2.38. The maximum atomic E-state index is 12.9. The molecule has 0 aliphatic carbocycles. The standard InChI is InChI=1S/C9H8F4O/c10-7-4-2-1-3-6(7)5-8(14)9(11,12)13/h1-4,8,14H,5H2/t8-/m1/s1. The molecule has 1 atom stereocenters. The van der Waals surface area contributed by atoms with Crippen LogP contribution in [0.15, 0.2) is 24.3 Å². The summed E-state index contributed by atoms with van der Waals surface area (Å²) >= 11 is 0. The van der Waals surface area contributed by atoms with Gasteiger partial charge in [0.05, 0.1) is 0 Å². The molecule has 0 radical (unpaired) electrons. The Balaban J connectivity index is 2.75. The highest BCUT2D eigenvalue weighted by atomic mass is 19.4. The summed E-state index contributed by atoms with van der Waals surface area (Å²) in [5, 5.41) is 8.67. The molecule has 0 bridgehead atoms. The van der Waals surface area contributed by atoms with Gasteiger partial charge in [-0.05, 0) is 11.6 Å². The maximum absolute atomic E-state index is 12.9. The molecule has 0 unspecified atom stereocenters. The molecule has 0 aliphatic rings. The lowest BCUT2D eigenvalue weighted by Crippen LogP contribution is -2.30. The van der Waals surface area contributed by atoms with Gasteiger partial charge in [-0.25, -0.2) is 4.39 Å². The van der Waals surface area contributed by atoms with Crippen LogP contribution in [0.1, 0.15) is 5.56 Å². The van der Waals surface area contributed by atoms with Gasteiger partial charge >= 0.3 is 6.18 Å². The van der Waals surface area contributed by atoms with Gasteiger partial charge in [0.1, 0.15) is 5.82 Å². The van der Waals surface area contributed by atoms with Crippen molar-refractivity contribution in [2.75, 3.05) is 0 Å². The van der Waals surface area contributed by atoms with E-state index < -0.39 is 24.5 Å². The molecule has 1 N–H and O–H groups in total. The normalized spacial score (nSPS) is 14.1. The van der Waals surface area contributed by atoms with Gasteiger partial charge < -0.3 is 5.11 Å². The molecule has 0 fully saturated rings. The van der Waals surface area contributed by atoms with Crippen molar-refractivity contribution in [1.29, 1.82) is 0 Å². The molecule has 0 amide bonds. The maximum Gasteiger partial charge on any atom is 0.414 e. The van der Waals surface area contributed by atoms with Crippen molar-refractivity contribution in [2.45, 2.75) is 18.7 Å². The third-order valence-corrected chi connectivity index (χ3v) is 1.75. The van der Waals surface area contributed by atoms with E-state index in [4.69, 9.17) is 5.11 Å². The summed E-state index contributed by atoms with van der Waals surface area (Å²) in [7, 11) is 0. The average Bonchev–Trinajstić information content (AvgIpc) is 2.07. The first kappa shape index (κ1) is 11.0. The van der Waals surface area contributed by atoms with Crippen LogP contribution in [0.5, 0.6) is 0 Å². The molecule has 0 heterocycles. The Labute approximate surface area is 78.0 Å². The van der Waals surface area contributed by atoms with Crippen LogP contribution in [0.3, 0.4) is 0 Å². The molecule has 1 aromatic rings. The molecule has 0 saturated heterocycles. The number of aliphatic hydroxyl groups is 1. The van der Waals surface area contributed by atoms with E-state index in [0.717, 1.165) is 6.07 Å². The van der Waals surface area contributed by atoms with Gasteiger partial charge in [-0.1, -0.05) is 18.2 Å². The second-order valence-electron chi connectivity index (χ2n) is 2.85. The summed E-state index contributed by atoms with van der Waals surface area (Å²) in [6.45, 7) is 0. The van der Waals surface area contributed by atoms with Gasteiger partial charge in [-0.2, -0.15) is 13.2 Å². The molecule has 14 heavy (non-hydrogen) atoms. The lowest BCUT2D eigenvalue weighted by atomic mass is 10.1. The predicted octanol–water partition coefficient (Wildman–Crippen LogP) is 2.29. The molecule has 1 nitrogen and oxygen atoms in total. The molecule has 0 aromatic heterocycles. The third-order valence-electron chi connectivity index (χ3n) is 1.75. The largest absolute Gasteiger partial charge is 0.414 e. The van der Waals surface area contributed by atoms with Gasteiger partial charge in [0.25, 0.3) is 0 Å². The topological polar surface area (TPSA) is 20.2 Å². The van der Waals surface area contributed by atoms with Crippen molar-refractivity contribution in [3.8, 4) is 0 Å². The third kappa shape index (κ3) is 2.70. The number of aliphatic hydroxyl groups excluding tert-OH is 1. The SMILES string of the molecule is O[C@H](Cc1ccccc1F)C(F)(F)F. The summed E-state index contributed by atoms with van der Waals surface area (Å²) in [5.41, 5.74) is -0.141. The predicted molar refractivity (Wildman–Crippen MR) is 42.2 cm³/mol. The molecular formula is C9H8F4O. The molecule has 1 aromatic carbocycles. The van der Waals surface area contributed by atoms with E-state index in [2.05, 4.69) is 0 Å². The number of rotatable bonds is 2. The highest BCUT2D eigenvalue weighted by Crippen LogP contribution is 2.23. The highest BCUT2D eigenvalue weighted by molar-refractivity contribution is 5.18. The minimum Gasteiger partial charge on any atom is -0.383 e. The van der Waals surface area contributed by atoms with Gasteiger partial charge in [0.15, 0.2) is 6.10 Å². The smallest absolute Gasteiger partial charge is 0.383 e. The van der Waals surface area contributed by atoms with E-state index in [0.29, 0.717) is 0 Å². The van der Waals surface area contributed by atoms with Crippen molar-refractivity contribution in [3.05, 3.63) is 35.6 Å². The van der Waals surface area contributed by atoms with E-state index in [-0.39, 0.29) is 5.56 Å². The summed E-state index contributed by atoms with van der Waals surface area (Å²) in [6.07, 6.45) is -7.97. The van der Waals surface area contributed by atoms with E-state index in [1.54, 1.807) is 0 Å². The van der Waals surface area contributed by atoms with Crippen molar-refractivity contribution in [3.63, 3.8) is 0 Å². The lowest BCUT2D eigenvalue weighted by Gasteiger charge is -2.14. The summed E-state index contributed by atoms with van der Waals surface area (Å²) in [5.74, 6) is -0.740. The molecular weight excluding hydrogens is 200 g/mol. The second kappa shape index (κ2) is 3.96. The van der Waals surface area contributed by atoms with Crippen LogP contribution < -0.4 is 0 Å². The van der Waals surface area contributed by atoms with Gasteiger partial charge in [-0.3, -0.25) is 0 Å². The lowest BCUT2D eigenvalue weighted by molar-refractivity contribution is -0.203. The Bertz CT molecular complexity index is 308. The molecule has 0 spiro atoms. The first-order valence-corrected chi connectivity index (χ1v) is 3.89. The van der Waals surface area contributed by atoms with Gasteiger partial charge in [0, 0.05) is 6.42 Å². The number of halogens is 4. The number of benzene rings is 1. The zero-order valence-electron chi connectivity index (χ0n) is 7.05. The van der Waals surface area contributed by atoms with E-state index >= 15 is 0 Å². The minimum atomic E-state index is -4.71. The van der Waals surface area contributed by atoms with E-state index in [9.17, 15) is 17.6 Å². The first-order valence-electron chi connectivity index (χ1n) is 3.89. The fraction of sp³-hybridized carbons (Fsp3) is 0.333. The van der Waals surface area contributed by atoms with Crippen LogP contribution in [0.4, 0.5) is 17.6 Å². The van der Waals surface area contributed by atoms with Crippen LogP contribution in [0, 0.1) is 5.82 Å². The Morgan fingerprint density at radius 1 is 1.21 bits per heavy atom. The summed E-state index contributed by atoms with van der Waals surface area (Å²) in [6, 6.07) is 5.06. The quantitative estimate of drug-likeness (QED) is 0.739. The van der Waals surface area contributed by atoms with Gasteiger partial charge in [0.2, 0.25) is 0 Å². The summed E-state index contributed by atoms with van der Waals surface area (Å²) in [4.78, 5) is 0. The van der Waals surface area contributed by atoms with Crippen molar-refractivity contribution in [1.82, 2.24) is 0 Å². The van der Waals surface area contributed by atoms with Crippen LogP contribution in [0.2, 0.25) is 0 Å². The Morgan fingerprint density at radius 3 is 2.29 bits per heavy atom. The second-order valence-corrected chi connectivity index (χ2v) is 2.85. The van der Waals surface area contributed by atoms with Crippen molar-refractivity contribution < 1.29 is 22.7 Å². The van der Waals surface area contributed by atoms with E-state index in [1.165, 1.54) is 18.2 Å². The molecule has 0 aliphatic heterocycles. The number of hydrogen-bond acceptors (Lipinski definition) is 1. The molecule has 0 saturated carbocycles. The average molecular weight is 208 g/mol. The van der Waals surface area contributed by atoms with Crippen LogP contribution in [-0.4, -0.2) is 17.4 Å². The zero-order chi connectivity index (χ0) is 10.8. The first-order chi connectivity index (χ1) is 6.41. The fourth-order valence-electron chi connectivity index (χ4n) is 0.988. The fourth-order valence-corrected chi connectivity index (χ4v) is 0.988. The molecule has 5 heteroatoms. The van der Waals surface area contributed by atoms with Gasteiger partial charge in [-0.15, -0.1) is 0 Å². The van der Waals surface area contributed by atoms with E-state index in [1.807, 2.05) is 0 Å². The minimum absolute atomic E-state index is 0.141. The zero-order valence-corrected chi connectivity index (χ0v) is 7.05. The number of hydrogen-bond donors (Lipinski definition) is 1. The van der Waals surface area contributed by atoms with Crippen LogP contribution in [0.25, 0.3) is 0 Å². The van der Waals surface area contributed by atoms with Crippen molar-refractivity contribution >= 4 is 0 Å². The monoisotopic (exact) mass is 208 g/mol. The number of alkyl halides is 3. The summed E-state index contributed by atoms with van der Waals surface area (Å²) < 4.78 is 48.5. The Hall–Kier alpha value is -1.10. The molecule has 1 rings (SSSR count).